The molecule has 0 radical (unpaired) electrons. The van der Waals surface area contributed by atoms with E-state index < -0.39 is 13.8 Å². The Balaban J connectivity index is 0. The summed E-state index contributed by atoms with van der Waals surface area (Å²) in [5, 5.41) is 8.04. The number of unbranched alkanes of at least 4 members (excludes halogenated alkanes) is 1. The molecule has 0 bridgehead atoms. The number of aliphatic carboxylic acids is 1. The molecule has 0 aliphatic heterocycles. The van der Waals surface area contributed by atoms with Gasteiger partial charge >= 0.3 is 13.8 Å². The summed E-state index contributed by atoms with van der Waals surface area (Å²) in [6, 6.07) is 0. The topological polar surface area (TPSA) is 93.1 Å². The second kappa shape index (κ2) is 11.1. The van der Waals surface area contributed by atoms with Gasteiger partial charge in [-0.3, -0.25) is 13.8 Å². The highest BCUT2D eigenvalue weighted by atomic mass is 31.2. The summed E-state index contributed by atoms with van der Waals surface area (Å²) in [5.74, 6) is -0.693. The van der Waals surface area contributed by atoms with E-state index in [9.17, 15) is 9.36 Å². The molecule has 2 N–H and O–H groups in total. The lowest BCUT2D eigenvalue weighted by molar-refractivity contribution is -0.137. The van der Waals surface area contributed by atoms with Crippen LogP contribution in [-0.4, -0.2) is 29.2 Å². The average molecular weight is 256 g/mol. The molecule has 0 saturated carbocycles. The molecule has 16 heavy (non-hydrogen) atoms. The van der Waals surface area contributed by atoms with Crippen molar-refractivity contribution in [3.05, 3.63) is 0 Å². The molecule has 0 aromatic carbocycles. The highest BCUT2D eigenvalue weighted by Gasteiger charge is 2.17. The second-order valence-electron chi connectivity index (χ2n) is 2.80. The van der Waals surface area contributed by atoms with Gasteiger partial charge in [0.2, 0.25) is 0 Å². The Morgan fingerprint density at radius 3 is 1.81 bits per heavy atom. The fraction of sp³-hybridized carbons (Fsp3) is 0.889. The van der Waals surface area contributed by atoms with E-state index in [1.165, 1.54) is 0 Å². The SMILES string of the molecule is CCCCC(=O)O.CCOP(=O)(O)OCC. The van der Waals surface area contributed by atoms with Gasteiger partial charge in [-0.2, -0.15) is 0 Å². The lowest BCUT2D eigenvalue weighted by Crippen LogP contribution is -1.93. The summed E-state index contributed by atoms with van der Waals surface area (Å²) in [7, 11) is -3.69. The molecule has 0 amide bonds. The Bertz CT molecular complexity index is 208. The lowest BCUT2D eigenvalue weighted by Gasteiger charge is -2.07. The highest BCUT2D eigenvalue weighted by molar-refractivity contribution is 7.47. The van der Waals surface area contributed by atoms with Crippen LogP contribution in [0.25, 0.3) is 0 Å². The van der Waals surface area contributed by atoms with Crippen LogP contribution < -0.4 is 0 Å². The fourth-order valence-corrected chi connectivity index (χ4v) is 1.42. The Morgan fingerprint density at radius 2 is 1.62 bits per heavy atom. The molecule has 0 heterocycles. The van der Waals surface area contributed by atoms with Gasteiger partial charge in [-0.25, -0.2) is 4.57 Å². The van der Waals surface area contributed by atoms with Crippen LogP contribution in [-0.2, 0) is 18.4 Å². The lowest BCUT2D eigenvalue weighted by atomic mass is 10.3. The summed E-state index contributed by atoms with van der Waals surface area (Å²) in [4.78, 5) is 18.4. The van der Waals surface area contributed by atoms with E-state index in [2.05, 4.69) is 9.05 Å². The largest absolute Gasteiger partial charge is 0.481 e. The molecule has 0 unspecified atom stereocenters. The molecule has 0 aliphatic carbocycles. The third-order valence-electron chi connectivity index (χ3n) is 1.33. The minimum absolute atomic E-state index is 0.188. The van der Waals surface area contributed by atoms with Crippen LogP contribution in [0, 0.1) is 0 Å². The van der Waals surface area contributed by atoms with Crippen LogP contribution >= 0.6 is 7.82 Å². The predicted molar refractivity (Wildman–Crippen MR) is 60.2 cm³/mol. The summed E-state index contributed by atoms with van der Waals surface area (Å²) < 4.78 is 19.2. The normalized spacial score (nSPS) is 10.5. The van der Waals surface area contributed by atoms with Gasteiger partial charge in [0.1, 0.15) is 0 Å². The maximum Gasteiger partial charge on any atom is 0.472 e. The number of carbonyl (C=O) groups is 1. The Hall–Kier alpha value is -0.420. The van der Waals surface area contributed by atoms with Gasteiger partial charge in [0.15, 0.2) is 0 Å². The molecule has 0 atom stereocenters. The van der Waals surface area contributed by atoms with Crippen LogP contribution in [0.3, 0.4) is 0 Å². The van der Waals surface area contributed by atoms with Crippen molar-refractivity contribution in [1.29, 1.82) is 0 Å². The number of phosphoric acid groups is 1. The van der Waals surface area contributed by atoms with Crippen molar-refractivity contribution < 1.29 is 28.4 Å². The van der Waals surface area contributed by atoms with E-state index in [1.807, 2.05) is 6.92 Å². The smallest absolute Gasteiger partial charge is 0.472 e. The van der Waals surface area contributed by atoms with Gasteiger partial charge in [-0.05, 0) is 20.3 Å². The minimum Gasteiger partial charge on any atom is -0.481 e. The van der Waals surface area contributed by atoms with E-state index >= 15 is 0 Å². The number of carboxylic acid groups (broad SMARTS) is 1. The molecule has 0 rings (SSSR count). The van der Waals surface area contributed by atoms with Crippen LogP contribution in [0.5, 0.6) is 0 Å². The second-order valence-corrected chi connectivity index (χ2v) is 4.25. The fourth-order valence-electron chi connectivity index (χ4n) is 0.692. The molecule has 0 saturated heterocycles. The van der Waals surface area contributed by atoms with Crippen molar-refractivity contribution >= 4 is 13.8 Å². The zero-order valence-corrected chi connectivity index (χ0v) is 10.9. The van der Waals surface area contributed by atoms with E-state index in [0.717, 1.165) is 12.8 Å². The van der Waals surface area contributed by atoms with Crippen molar-refractivity contribution in [2.24, 2.45) is 0 Å². The first-order valence-corrected chi connectivity index (χ1v) is 6.72. The van der Waals surface area contributed by atoms with Crippen molar-refractivity contribution in [2.45, 2.75) is 40.0 Å². The molecule has 0 fully saturated rings. The first-order chi connectivity index (χ1) is 7.39. The Morgan fingerprint density at radius 1 is 1.19 bits per heavy atom. The zero-order chi connectivity index (χ0) is 13.0. The molecule has 0 spiro atoms. The van der Waals surface area contributed by atoms with E-state index in [4.69, 9.17) is 10.00 Å². The van der Waals surface area contributed by atoms with Crippen LogP contribution in [0.2, 0.25) is 0 Å². The standard InChI is InChI=1S/C5H10O2.C4H11O4P/c1-2-3-4-5(6)7;1-3-7-9(5,6)8-4-2/h2-4H2,1H3,(H,6,7);3-4H2,1-2H3,(H,5,6). The van der Waals surface area contributed by atoms with Crippen molar-refractivity contribution in [2.75, 3.05) is 13.2 Å². The molecule has 0 aliphatic rings. The number of carboxylic acids is 1. The molecule has 7 heteroatoms. The zero-order valence-electron chi connectivity index (χ0n) is 10.0. The molecule has 0 aromatic heterocycles. The molecule has 0 aromatic rings. The third-order valence-corrected chi connectivity index (χ3v) is 2.50. The van der Waals surface area contributed by atoms with Gasteiger partial charge < -0.3 is 10.00 Å². The quantitative estimate of drug-likeness (QED) is 0.679. The summed E-state index contributed by atoms with van der Waals surface area (Å²) >= 11 is 0. The highest BCUT2D eigenvalue weighted by Crippen LogP contribution is 2.42. The molecular formula is C9H21O6P. The first kappa shape index (κ1) is 18.0. The van der Waals surface area contributed by atoms with Gasteiger partial charge in [0.25, 0.3) is 0 Å². The predicted octanol–water partition coefficient (Wildman–Crippen LogP) is 2.42. The summed E-state index contributed by atoms with van der Waals surface area (Å²) in [5.41, 5.74) is 0. The minimum atomic E-state index is -3.69. The third kappa shape index (κ3) is 16.0. The molecular weight excluding hydrogens is 235 g/mol. The number of hydrogen-bond donors (Lipinski definition) is 2. The van der Waals surface area contributed by atoms with Crippen LogP contribution in [0.1, 0.15) is 40.0 Å². The van der Waals surface area contributed by atoms with E-state index in [-0.39, 0.29) is 13.2 Å². The van der Waals surface area contributed by atoms with Gasteiger partial charge in [0.05, 0.1) is 13.2 Å². The van der Waals surface area contributed by atoms with Crippen molar-refractivity contribution in [1.82, 2.24) is 0 Å². The van der Waals surface area contributed by atoms with Gasteiger partial charge in [0, 0.05) is 6.42 Å². The van der Waals surface area contributed by atoms with Crippen molar-refractivity contribution in [3.8, 4) is 0 Å². The Kier molecular flexibility index (Phi) is 12.4. The maximum absolute atomic E-state index is 10.5. The van der Waals surface area contributed by atoms with Gasteiger partial charge in [-0.15, -0.1) is 0 Å². The number of phosphoric ester groups is 1. The maximum atomic E-state index is 10.5. The molecule has 6 nitrogen and oxygen atoms in total. The van der Waals surface area contributed by atoms with Crippen LogP contribution in [0.15, 0.2) is 0 Å². The van der Waals surface area contributed by atoms with E-state index in [1.54, 1.807) is 13.8 Å². The first-order valence-electron chi connectivity index (χ1n) is 5.23. The summed E-state index contributed by atoms with van der Waals surface area (Å²) in [6.45, 7) is 5.61. The monoisotopic (exact) mass is 256 g/mol. The van der Waals surface area contributed by atoms with Gasteiger partial charge in [-0.1, -0.05) is 13.3 Å². The van der Waals surface area contributed by atoms with Crippen molar-refractivity contribution in [3.63, 3.8) is 0 Å². The average Bonchev–Trinajstić information content (AvgIpc) is 2.15. The number of hydrogen-bond acceptors (Lipinski definition) is 4. The number of rotatable bonds is 7. The van der Waals surface area contributed by atoms with E-state index in [0.29, 0.717) is 6.42 Å². The summed E-state index contributed by atoms with van der Waals surface area (Å²) in [6.07, 6.45) is 2.08. The Labute approximate surface area is 96.2 Å². The molecule has 98 valence electrons. The van der Waals surface area contributed by atoms with Crippen LogP contribution in [0.4, 0.5) is 0 Å².